The van der Waals surface area contributed by atoms with Gasteiger partial charge in [0.25, 0.3) is 0 Å². The molecule has 1 amide bonds. The zero-order chi connectivity index (χ0) is 25.0. The fraction of sp³-hybridized carbons (Fsp3) is 0.333. The number of methoxy groups -OCH3 is 1. The van der Waals surface area contributed by atoms with Crippen molar-refractivity contribution >= 4 is 23.3 Å². The van der Waals surface area contributed by atoms with Crippen molar-refractivity contribution in [1.29, 1.82) is 0 Å². The molecule has 0 radical (unpaired) electrons. The molecule has 35 heavy (non-hydrogen) atoms. The highest BCUT2D eigenvalue weighted by Crippen LogP contribution is 2.29. The van der Waals surface area contributed by atoms with Crippen LogP contribution in [0.25, 0.3) is 11.1 Å². The summed E-state index contributed by atoms with van der Waals surface area (Å²) in [5.41, 5.74) is 5.05. The van der Waals surface area contributed by atoms with Gasteiger partial charge < -0.3 is 15.4 Å². The third kappa shape index (κ3) is 7.44. The minimum absolute atomic E-state index is 0.0272. The van der Waals surface area contributed by atoms with Gasteiger partial charge in [-0.25, -0.2) is 4.79 Å². The number of para-hydroxylation sites is 1. The number of ether oxygens (including phenoxy) is 1. The molecule has 5 heteroatoms. The lowest BCUT2D eigenvalue weighted by Crippen LogP contribution is -2.29. The van der Waals surface area contributed by atoms with Crippen LogP contribution in [0, 0.1) is 5.92 Å². The molecule has 0 heterocycles. The van der Waals surface area contributed by atoms with Crippen molar-refractivity contribution in [3.8, 4) is 11.1 Å². The number of amides is 1. The third-order valence-electron chi connectivity index (χ3n) is 6.21. The minimum Gasteiger partial charge on any atom is -0.465 e. The molecule has 3 rings (SSSR count). The smallest absolute Gasteiger partial charge is 0.339 e. The number of carbonyl (C=O) groups excluding carboxylic acids is 2. The molecular formula is C30H36N2O3. The molecule has 0 bridgehead atoms. The van der Waals surface area contributed by atoms with Crippen LogP contribution in [0.1, 0.15) is 61.9 Å². The Balaban J connectivity index is 1.82. The topological polar surface area (TPSA) is 67.4 Å². The molecule has 0 aliphatic rings. The molecule has 1 atom stereocenters. The fourth-order valence-corrected chi connectivity index (χ4v) is 4.06. The van der Waals surface area contributed by atoms with Gasteiger partial charge in [-0.3, -0.25) is 4.79 Å². The Morgan fingerprint density at radius 3 is 2.34 bits per heavy atom. The van der Waals surface area contributed by atoms with Crippen LogP contribution in [0.4, 0.5) is 11.4 Å². The fourth-order valence-electron chi connectivity index (χ4n) is 4.06. The lowest BCUT2D eigenvalue weighted by atomic mass is 10.00. The first kappa shape index (κ1) is 26.0. The average Bonchev–Trinajstić information content (AvgIpc) is 2.90. The summed E-state index contributed by atoms with van der Waals surface area (Å²) in [6.07, 6.45) is 5.54. The van der Waals surface area contributed by atoms with E-state index >= 15 is 0 Å². The Hall–Kier alpha value is -3.60. The van der Waals surface area contributed by atoms with Crippen molar-refractivity contribution in [3.05, 3.63) is 83.9 Å². The van der Waals surface area contributed by atoms with Gasteiger partial charge in [-0.1, -0.05) is 88.1 Å². The molecule has 3 aromatic rings. The molecule has 0 spiro atoms. The summed E-state index contributed by atoms with van der Waals surface area (Å²) in [4.78, 5) is 25.0. The van der Waals surface area contributed by atoms with Crippen molar-refractivity contribution in [2.75, 3.05) is 12.4 Å². The summed E-state index contributed by atoms with van der Waals surface area (Å²) < 4.78 is 4.94. The number of hydrogen-bond donors (Lipinski definition) is 2. The van der Waals surface area contributed by atoms with Crippen LogP contribution in [-0.4, -0.2) is 19.0 Å². The summed E-state index contributed by atoms with van der Waals surface area (Å²) >= 11 is 0. The molecule has 3 aromatic carbocycles. The largest absolute Gasteiger partial charge is 0.465 e. The van der Waals surface area contributed by atoms with E-state index in [4.69, 9.17) is 4.74 Å². The van der Waals surface area contributed by atoms with E-state index < -0.39 is 5.97 Å². The van der Waals surface area contributed by atoms with Crippen LogP contribution in [-0.2, 0) is 16.1 Å². The first-order valence-corrected chi connectivity index (χ1v) is 12.4. The molecule has 0 aliphatic heterocycles. The van der Waals surface area contributed by atoms with E-state index in [1.54, 1.807) is 12.1 Å². The number of benzene rings is 3. The van der Waals surface area contributed by atoms with Crippen molar-refractivity contribution < 1.29 is 14.3 Å². The molecule has 1 unspecified atom stereocenters. The predicted molar refractivity (Wildman–Crippen MR) is 143 cm³/mol. The summed E-state index contributed by atoms with van der Waals surface area (Å²) in [6.45, 7) is 4.57. The first-order valence-electron chi connectivity index (χ1n) is 12.4. The number of unbranched alkanes of at least 4 members (excludes halogenated alkanes) is 3. The van der Waals surface area contributed by atoms with E-state index in [1.807, 2.05) is 49.4 Å². The molecule has 0 saturated carbocycles. The van der Waals surface area contributed by atoms with Gasteiger partial charge in [-0.05, 0) is 47.4 Å². The minimum atomic E-state index is -0.402. The van der Waals surface area contributed by atoms with Gasteiger partial charge in [0.05, 0.1) is 18.4 Å². The maximum absolute atomic E-state index is 12.8. The van der Waals surface area contributed by atoms with E-state index in [-0.39, 0.29) is 11.8 Å². The molecule has 0 fully saturated rings. The number of rotatable bonds is 12. The van der Waals surface area contributed by atoms with E-state index in [9.17, 15) is 9.59 Å². The first-order chi connectivity index (χ1) is 17.0. The maximum atomic E-state index is 12.8. The summed E-state index contributed by atoms with van der Waals surface area (Å²) in [5, 5.41) is 6.51. The highest BCUT2D eigenvalue weighted by molar-refractivity contribution is 5.96. The summed E-state index contributed by atoms with van der Waals surface area (Å²) in [7, 11) is 1.37. The highest BCUT2D eigenvalue weighted by atomic mass is 16.5. The molecule has 0 aromatic heterocycles. The summed E-state index contributed by atoms with van der Waals surface area (Å²) in [6, 6.07) is 23.5. The maximum Gasteiger partial charge on any atom is 0.339 e. The predicted octanol–water partition coefficient (Wildman–Crippen LogP) is 7.11. The van der Waals surface area contributed by atoms with Gasteiger partial charge in [-0.15, -0.1) is 0 Å². The molecule has 2 N–H and O–H groups in total. The second-order valence-electron chi connectivity index (χ2n) is 8.87. The number of carbonyl (C=O) groups is 2. The second kappa shape index (κ2) is 13.3. The molecular weight excluding hydrogens is 436 g/mol. The Bertz CT molecular complexity index is 1110. The zero-order valence-electron chi connectivity index (χ0n) is 21.0. The van der Waals surface area contributed by atoms with Crippen LogP contribution in [0.15, 0.2) is 72.8 Å². The Labute approximate surface area is 208 Å². The quantitative estimate of drug-likeness (QED) is 0.218. The van der Waals surface area contributed by atoms with Crippen molar-refractivity contribution in [3.63, 3.8) is 0 Å². The third-order valence-corrected chi connectivity index (χ3v) is 6.21. The zero-order valence-corrected chi connectivity index (χ0v) is 21.0. The van der Waals surface area contributed by atoms with Gasteiger partial charge in [0.2, 0.25) is 5.91 Å². The second-order valence-corrected chi connectivity index (χ2v) is 8.87. The molecule has 0 saturated heterocycles. The van der Waals surface area contributed by atoms with Crippen LogP contribution >= 0.6 is 0 Å². The van der Waals surface area contributed by atoms with Gasteiger partial charge in [0, 0.05) is 18.2 Å². The van der Waals surface area contributed by atoms with Gasteiger partial charge >= 0.3 is 5.97 Å². The highest BCUT2D eigenvalue weighted by Gasteiger charge is 2.16. The standard InChI is InChI=1S/C30H36N2O3/c1-4-5-6-8-13-22(2)29(33)31-21-25-20-24(23-14-9-7-10-15-23)18-19-27(25)32-28-17-12-11-16-26(28)30(34)35-3/h7,9-12,14-20,22,32H,4-6,8,13,21H2,1-3H3,(H,31,33). The van der Waals surface area contributed by atoms with Gasteiger partial charge in [-0.2, -0.15) is 0 Å². The van der Waals surface area contributed by atoms with Crippen LogP contribution in [0.3, 0.4) is 0 Å². The van der Waals surface area contributed by atoms with E-state index in [1.165, 1.54) is 26.4 Å². The van der Waals surface area contributed by atoms with Crippen molar-refractivity contribution in [2.45, 2.75) is 52.5 Å². The lowest BCUT2D eigenvalue weighted by Gasteiger charge is -2.18. The van der Waals surface area contributed by atoms with Crippen molar-refractivity contribution in [1.82, 2.24) is 5.32 Å². The van der Waals surface area contributed by atoms with E-state index in [0.717, 1.165) is 35.2 Å². The van der Waals surface area contributed by atoms with E-state index in [0.29, 0.717) is 17.8 Å². The monoisotopic (exact) mass is 472 g/mol. The summed E-state index contributed by atoms with van der Waals surface area (Å²) in [5.74, 6) is -0.367. The number of anilines is 2. The average molecular weight is 473 g/mol. The van der Waals surface area contributed by atoms with Crippen LogP contribution in [0.2, 0.25) is 0 Å². The normalized spacial score (nSPS) is 11.5. The SMILES string of the molecule is CCCCCCC(C)C(=O)NCc1cc(-c2ccccc2)ccc1Nc1ccccc1C(=O)OC. The van der Waals surface area contributed by atoms with Gasteiger partial charge in [0.15, 0.2) is 0 Å². The molecule has 184 valence electrons. The van der Waals surface area contributed by atoms with Gasteiger partial charge in [0.1, 0.15) is 0 Å². The van der Waals surface area contributed by atoms with Crippen LogP contribution in [0.5, 0.6) is 0 Å². The number of esters is 1. The molecule has 0 aliphatic carbocycles. The Morgan fingerprint density at radius 1 is 0.857 bits per heavy atom. The lowest BCUT2D eigenvalue weighted by molar-refractivity contribution is -0.124. The van der Waals surface area contributed by atoms with Crippen molar-refractivity contribution in [2.24, 2.45) is 5.92 Å². The van der Waals surface area contributed by atoms with Crippen LogP contribution < -0.4 is 10.6 Å². The Morgan fingerprint density at radius 2 is 1.60 bits per heavy atom. The van der Waals surface area contributed by atoms with E-state index in [2.05, 4.69) is 35.8 Å². The number of hydrogen-bond acceptors (Lipinski definition) is 4. The Kier molecular flexibility index (Phi) is 9.91. The molecule has 5 nitrogen and oxygen atoms in total. The number of nitrogens with one attached hydrogen (secondary N) is 2.